The van der Waals surface area contributed by atoms with Crippen LogP contribution in [0.4, 0.5) is 0 Å². The second-order valence-corrected chi connectivity index (χ2v) is 6.79. The van der Waals surface area contributed by atoms with Crippen molar-refractivity contribution in [1.29, 1.82) is 0 Å². The molecule has 2 rings (SSSR count). The van der Waals surface area contributed by atoms with Gasteiger partial charge in [0.2, 0.25) is 11.8 Å². The lowest BCUT2D eigenvalue weighted by atomic mass is 10.2. The molecule has 0 bridgehead atoms. The molecule has 108 valence electrons. The lowest BCUT2D eigenvalue weighted by molar-refractivity contribution is -0.141. The number of imide groups is 1. The average Bonchev–Trinajstić information content (AvgIpc) is 2.95. The molecule has 5 heteroatoms. The first-order valence-electron chi connectivity index (χ1n) is 7.21. The Labute approximate surface area is 119 Å². The fourth-order valence-corrected chi connectivity index (χ4v) is 3.81. The highest BCUT2D eigenvalue weighted by atomic mass is 32.2. The van der Waals surface area contributed by atoms with Gasteiger partial charge in [-0.25, -0.2) is 0 Å². The molecule has 2 aliphatic rings. The molecule has 0 spiro atoms. The SMILES string of the molecule is CCC(C)N1C(=O)CC(NC2CCC(SC)C2)C1=O. The maximum Gasteiger partial charge on any atom is 0.247 e. The number of carbonyl (C=O) groups excluding carboxylic acids is 2. The number of hydrogen-bond acceptors (Lipinski definition) is 4. The third kappa shape index (κ3) is 3.14. The van der Waals surface area contributed by atoms with Crippen LogP contribution in [0.25, 0.3) is 0 Å². The molecule has 1 aliphatic heterocycles. The Bertz CT molecular complexity index is 361. The number of carbonyl (C=O) groups is 2. The summed E-state index contributed by atoms with van der Waals surface area (Å²) in [6.45, 7) is 3.95. The number of hydrogen-bond donors (Lipinski definition) is 1. The molecule has 0 aromatic carbocycles. The van der Waals surface area contributed by atoms with E-state index in [9.17, 15) is 9.59 Å². The third-order valence-corrected chi connectivity index (χ3v) is 5.46. The van der Waals surface area contributed by atoms with Crippen LogP contribution < -0.4 is 5.32 Å². The third-order valence-electron chi connectivity index (χ3n) is 4.37. The minimum Gasteiger partial charge on any atom is -0.303 e. The van der Waals surface area contributed by atoms with Gasteiger partial charge in [0.25, 0.3) is 0 Å². The molecule has 1 saturated heterocycles. The van der Waals surface area contributed by atoms with Gasteiger partial charge in [-0.15, -0.1) is 0 Å². The van der Waals surface area contributed by atoms with Gasteiger partial charge in [0, 0.05) is 17.3 Å². The molecule has 2 amide bonds. The molecule has 1 saturated carbocycles. The Hall–Kier alpha value is -0.550. The van der Waals surface area contributed by atoms with Gasteiger partial charge in [0.1, 0.15) is 0 Å². The van der Waals surface area contributed by atoms with Crippen LogP contribution in [0, 0.1) is 0 Å². The van der Waals surface area contributed by atoms with Gasteiger partial charge in [-0.2, -0.15) is 11.8 Å². The molecule has 4 unspecified atom stereocenters. The second kappa shape index (κ2) is 6.27. The largest absolute Gasteiger partial charge is 0.303 e. The summed E-state index contributed by atoms with van der Waals surface area (Å²) in [6.07, 6.45) is 6.74. The van der Waals surface area contributed by atoms with Gasteiger partial charge < -0.3 is 5.32 Å². The zero-order chi connectivity index (χ0) is 14.0. The maximum atomic E-state index is 12.3. The molecular formula is C14H24N2O2S. The molecule has 1 aliphatic carbocycles. The minimum atomic E-state index is -0.285. The summed E-state index contributed by atoms with van der Waals surface area (Å²) < 4.78 is 0. The summed E-state index contributed by atoms with van der Waals surface area (Å²) >= 11 is 1.90. The summed E-state index contributed by atoms with van der Waals surface area (Å²) in [7, 11) is 0. The van der Waals surface area contributed by atoms with Crippen molar-refractivity contribution < 1.29 is 9.59 Å². The predicted molar refractivity (Wildman–Crippen MR) is 78.1 cm³/mol. The second-order valence-electron chi connectivity index (χ2n) is 5.65. The quantitative estimate of drug-likeness (QED) is 0.782. The van der Waals surface area contributed by atoms with Crippen LogP contribution in [0.1, 0.15) is 46.0 Å². The van der Waals surface area contributed by atoms with Crippen LogP contribution in [0.5, 0.6) is 0 Å². The van der Waals surface area contributed by atoms with Gasteiger partial charge in [0.15, 0.2) is 0 Å². The van der Waals surface area contributed by atoms with Gasteiger partial charge in [-0.05, 0) is 38.9 Å². The molecule has 19 heavy (non-hydrogen) atoms. The highest BCUT2D eigenvalue weighted by molar-refractivity contribution is 7.99. The van der Waals surface area contributed by atoms with E-state index in [4.69, 9.17) is 0 Å². The lowest BCUT2D eigenvalue weighted by Gasteiger charge is -2.22. The van der Waals surface area contributed by atoms with Crippen molar-refractivity contribution in [3.05, 3.63) is 0 Å². The molecule has 0 radical (unpaired) electrons. The number of nitrogens with zero attached hydrogens (tertiary/aromatic N) is 1. The van der Waals surface area contributed by atoms with E-state index < -0.39 is 0 Å². The summed E-state index contributed by atoms with van der Waals surface area (Å²) in [4.78, 5) is 25.7. The van der Waals surface area contributed by atoms with E-state index in [2.05, 4.69) is 11.6 Å². The van der Waals surface area contributed by atoms with E-state index in [0.717, 1.165) is 19.3 Å². The molecule has 4 atom stereocenters. The van der Waals surface area contributed by atoms with Crippen molar-refractivity contribution in [2.45, 2.75) is 69.3 Å². The molecule has 2 fully saturated rings. The van der Waals surface area contributed by atoms with Crippen LogP contribution in [0.3, 0.4) is 0 Å². The van der Waals surface area contributed by atoms with E-state index in [0.29, 0.717) is 17.7 Å². The van der Waals surface area contributed by atoms with E-state index in [1.807, 2.05) is 25.6 Å². The van der Waals surface area contributed by atoms with Crippen LogP contribution in [-0.4, -0.2) is 46.3 Å². The summed E-state index contributed by atoms with van der Waals surface area (Å²) in [6, 6.07) is 0.137. The Morgan fingerprint density at radius 1 is 1.42 bits per heavy atom. The standard InChI is InChI=1S/C14H24N2O2S/c1-4-9(2)16-13(17)8-12(14(16)18)15-10-5-6-11(7-10)19-3/h9-12,15H,4-8H2,1-3H3. The smallest absolute Gasteiger partial charge is 0.247 e. The highest BCUT2D eigenvalue weighted by Gasteiger charge is 2.41. The lowest BCUT2D eigenvalue weighted by Crippen LogP contribution is -2.45. The van der Waals surface area contributed by atoms with Crippen molar-refractivity contribution in [2.24, 2.45) is 0 Å². The number of thioether (sulfide) groups is 1. The first-order valence-corrected chi connectivity index (χ1v) is 8.50. The van der Waals surface area contributed by atoms with Crippen molar-refractivity contribution in [1.82, 2.24) is 10.2 Å². The maximum absolute atomic E-state index is 12.3. The number of likely N-dealkylation sites (tertiary alicyclic amines) is 1. The topological polar surface area (TPSA) is 49.4 Å². The summed E-state index contributed by atoms with van der Waals surface area (Å²) in [5.41, 5.74) is 0. The predicted octanol–water partition coefficient (Wildman–Crippen LogP) is 1.79. The van der Waals surface area contributed by atoms with Crippen LogP contribution in [-0.2, 0) is 9.59 Å². The highest BCUT2D eigenvalue weighted by Crippen LogP contribution is 2.29. The van der Waals surface area contributed by atoms with Gasteiger partial charge in [-0.3, -0.25) is 14.5 Å². The summed E-state index contributed by atoms with van der Waals surface area (Å²) in [5, 5.41) is 4.11. The van der Waals surface area contributed by atoms with E-state index in [-0.39, 0.29) is 23.9 Å². The number of amides is 2. The Morgan fingerprint density at radius 3 is 2.74 bits per heavy atom. The average molecular weight is 284 g/mol. The first kappa shape index (κ1) is 14.9. The van der Waals surface area contributed by atoms with Gasteiger partial charge >= 0.3 is 0 Å². The van der Waals surface area contributed by atoms with E-state index in [1.54, 1.807) is 0 Å². The van der Waals surface area contributed by atoms with Crippen molar-refractivity contribution in [3.63, 3.8) is 0 Å². The normalized spacial score (nSPS) is 33.2. The van der Waals surface area contributed by atoms with Gasteiger partial charge in [-0.1, -0.05) is 6.92 Å². The fourth-order valence-electron chi connectivity index (χ4n) is 3.02. The van der Waals surface area contributed by atoms with E-state index >= 15 is 0 Å². The van der Waals surface area contributed by atoms with Crippen molar-refractivity contribution in [3.8, 4) is 0 Å². The van der Waals surface area contributed by atoms with Crippen LogP contribution in [0.15, 0.2) is 0 Å². The molecule has 0 aromatic heterocycles. The minimum absolute atomic E-state index is 0.0173. The molecular weight excluding hydrogens is 260 g/mol. The Kier molecular flexibility index (Phi) is 4.90. The number of rotatable bonds is 5. The monoisotopic (exact) mass is 284 g/mol. The van der Waals surface area contributed by atoms with Crippen LogP contribution >= 0.6 is 11.8 Å². The summed E-state index contributed by atoms with van der Waals surface area (Å²) in [5.74, 6) is -0.0387. The zero-order valence-corrected chi connectivity index (χ0v) is 12.8. The van der Waals surface area contributed by atoms with E-state index in [1.165, 1.54) is 11.3 Å². The fraction of sp³-hybridized carbons (Fsp3) is 0.857. The molecule has 1 heterocycles. The Balaban J connectivity index is 1.92. The molecule has 0 aromatic rings. The Morgan fingerprint density at radius 2 is 2.16 bits per heavy atom. The van der Waals surface area contributed by atoms with Gasteiger partial charge in [0.05, 0.1) is 12.5 Å². The van der Waals surface area contributed by atoms with Crippen LogP contribution in [0.2, 0.25) is 0 Å². The number of nitrogens with one attached hydrogen (secondary N) is 1. The molecule has 4 nitrogen and oxygen atoms in total. The first-order chi connectivity index (χ1) is 9.06. The van der Waals surface area contributed by atoms with Crippen molar-refractivity contribution in [2.75, 3.05) is 6.26 Å². The zero-order valence-electron chi connectivity index (χ0n) is 12.0. The molecule has 1 N–H and O–H groups in total. The van der Waals surface area contributed by atoms with Crippen molar-refractivity contribution >= 4 is 23.6 Å².